The van der Waals surface area contributed by atoms with Crippen LogP contribution in [0.1, 0.15) is 13.8 Å². The van der Waals surface area contributed by atoms with Crippen LogP contribution in [-0.2, 0) is 20.0 Å². The number of rotatable bonds is 7. The quantitative estimate of drug-likeness (QED) is 0.703. The fraction of sp³-hybridized carbons (Fsp3) is 0.250. The molecule has 0 aromatic heterocycles. The van der Waals surface area contributed by atoms with Crippen LogP contribution >= 0.6 is 0 Å². The first-order valence-electron chi connectivity index (χ1n) is 7.51. The smallest absolute Gasteiger partial charge is 0.206 e. The molecule has 0 fully saturated rings. The fourth-order valence-electron chi connectivity index (χ4n) is 2.32. The van der Waals surface area contributed by atoms with Crippen molar-refractivity contribution in [3.63, 3.8) is 0 Å². The molecule has 0 aliphatic carbocycles. The van der Waals surface area contributed by atoms with Gasteiger partial charge in [0, 0.05) is 13.1 Å². The predicted octanol–water partition coefficient (Wildman–Crippen LogP) is 2.32. The van der Waals surface area contributed by atoms with E-state index in [2.05, 4.69) is 0 Å². The first-order chi connectivity index (χ1) is 11.4. The van der Waals surface area contributed by atoms with Crippen molar-refractivity contribution in [2.75, 3.05) is 13.1 Å². The van der Waals surface area contributed by atoms with Crippen molar-refractivity contribution >= 4 is 20.0 Å². The summed E-state index contributed by atoms with van der Waals surface area (Å²) in [6, 6.07) is 15.6. The minimum atomic E-state index is -3.97. The van der Waals surface area contributed by atoms with Gasteiger partial charge in [-0.3, -0.25) is 0 Å². The second-order valence-electron chi connectivity index (χ2n) is 4.91. The van der Waals surface area contributed by atoms with Gasteiger partial charge in [0.2, 0.25) is 0 Å². The molecule has 0 aliphatic heterocycles. The lowest BCUT2D eigenvalue weighted by molar-refractivity contribution is 0.176. The van der Waals surface area contributed by atoms with Gasteiger partial charge >= 0.3 is 0 Å². The van der Waals surface area contributed by atoms with Crippen LogP contribution in [0.25, 0.3) is 0 Å². The molecular weight excluding hydrogens is 348 g/mol. The molecule has 0 bridgehead atoms. The maximum Gasteiger partial charge on any atom is 0.256 e. The normalized spacial score (nSPS) is 12.7. The standard InChI is InChI=1S/C16H20N2O4S2/c1-3-17(23(19,20)15-11-7-5-8-12-15)18(4-2)24(21,22)16-13-9-6-10-14-16/h5-14H,3-4H2,1-2H3. The van der Waals surface area contributed by atoms with Gasteiger partial charge in [-0.25, -0.2) is 16.8 Å². The molecule has 8 heteroatoms. The molecule has 0 amide bonds. The molecule has 2 aromatic carbocycles. The highest BCUT2D eigenvalue weighted by molar-refractivity contribution is 7.92. The van der Waals surface area contributed by atoms with E-state index < -0.39 is 20.0 Å². The van der Waals surface area contributed by atoms with Crippen LogP contribution in [-0.4, -0.2) is 38.8 Å². The molecular formula is C16H20N2O4S2. The third kappa shape index (κ3) is 3.51. The van der Waals surface area contributed by atoms with E-state index in [0.717, 1.165) is 8.83 Å². The Balaban J connectivity index is 2.52. The van der Waals surface area contributed by atoms with E-state index in [4.69, 9.17) is 0 Å². The number of hydrogen-bond donors (Lipinski definition) is 0. The second-order valence-corrected chi connectivity index (χ2v) is 8.60. The maximum absolute atomic E-state index is 12.9. The minimum Gasteiger partial charge on any atom is -0.206 e. The van der Waals surface area contributed by atoms with Crippen molar-refractivity contribution in [2.24, 2.45) is 0 Å². The van der Waals surface area contributed by atoms with Crippen LogP contribution < -0.4 is 0 Å². The second kappa shape index (κ2) is 7.43. The highest BCUT2D eigenvalue weighted by atomic mass is 32.2. The van der Waals surface area contributed by atoms with Gasteiger partial charge in [-0.05, 0) is 38.1 Å². The molecule has 0 unspecified atom stereocenters. The van der Waals surface area contributed by atoms with Crippen LogP contribution in [0, 0.1) is 0 Å². The Morgan fingerprint density at radius 3 is 1.17 bits per heavy atom. The zero-order valence-corrected chi connectivity index (χ0v) is 15.2. The number of hydrazine groups is 1. The molecule has 2 aromatic rings. The lowest BCUT2D eigenvalue weighted by atomic mass is 10.4. The molecule has 0 atom stereocenters. The van der Waals surface area contributed by atoms with Crippen LogP contribution in [0.5, 0.6) is 0 Å². The molecule has 0 saturated carbocycles. The Kier molecular flexibility index (Phi) is 5.76. The van der Waals surface area contributed by atoms with Crippen molar-refractivity contribution in [1.29, 1.82) is 0 Å². The molecule has 0 spiro atoms. The van der Waals surface area contributed by atoms with Crippen molar-refractivity contribution in [2.45, 2.75) is 23.6 Å². The summed E-state index contributed by atoms with van der Waals surface area (Å²) in [5.41, 5.74) is 0. The SMILES string of the molecule is CCN(N(CC)S(=O)(=O)c1ccccc1)S(=O)(=O)c1ccccc1. The molecule has 0 heterocycles. The van der Waals surface area contributed by atoms with Crippen molar-refractivity contribution in [1.82, 2.24) is 8.83 Å². The molecule has 0 aliphatic rings. The fourth-order valence-corrected chi connectivity index (χ4v) is 5.73. The number of nitrogens with zero attached hydrogens (tertiary/aromatic N) is 2. The largest absolute Gasteiger partial charge is 0.256 e. The van der Waals surface area contributed by atoms with Gasteiger partial charge in [-0.15, -0.1) is 8.83 Å². The van der Waals surface area contributed by atoms with E-state index in [-0.39, 0.29) is 22.9 Å². The van der Waals surface area contributed by atoms with Gasteiger partial charge in [0.25, 0.3) is 20.0 Å². The van der Waals surface area contributed by atoms with Crippen LogP contribution in [0.3, 0.4) is 0 Å². The molecule has 130 valence electrons. The van der Waals surface area contributed by atoms with Crippen molar-refractivity contribution in [3.05, 3.63) is 60.7 Å². The highest BCUT2D eigenvalue weighted by Gasteiger charge is 2.35. The molecule has 2 rings (SSSR count). The first kappa shape index (κ1) is 18.6. The van der Waals surface area contributed by atoms with Gasteiger partial charge in [0.15, 0.2) is 0 Å². The summed E-state index contributed by atoms with van der Waals surface area (Å²) in [6.07, 6.45) is 0. The Labute approximate surface area is 143 Å². The Morgan fingerprint density at radius 2 is 0.917 bits per heavy atom. The molecule has 24 heavy (non-hydrogen) atoms. The van der Waals surface area contributed by atoms with Gasteiger partial charge in [-0.2, -0.15) is 0 Å². The summed E-state index contributed by atoms with van der Waals surface area (Å²) in [5, 5.41) is 0. The van der Waals surface area contributed by atoms with E-state index in [1.54, 1.807) is 50.2 Å². The lowest BCUT2D eigenvalue weighted by Gasteiger charge is -2.31. The third-order valence-electron chi connectivity index (χ3n) is 3.43. The van der Waals surface area contributed by atoms with Crippen LogP contribution in [0.4, 0.5) is 0 Å². The number of hydrogen-bond acceptors (Lipinski definition) is 4. The lowest BCUT2D eigenvalue weighted by Crippen LogP contribution is -2.49. The Bertz CT molecular complexity index is 791. The molecule has 0 saturated heterocycles. The zero-order chi connectivity index (χ0) is 17.8. The van der Waals surface area contributed by atoms with Gasteiger partial charge in [-0.1, -0.05) is 36.4 Å². The zero-order valence-electron chi connectivity index (χ0n) is 13.5. The predicted molar refractivity (Wildman–Crippen MR) is 92.0 cm³/mol. The van der Waals surface area contributed by atoms with Crippen molar-refractivity contribution < 1.29 is 16.8 Å². The first-order valence-corrected chi connectivity index (χ1v) is 10.4. The maximum atomic E-state index is 12.9. The molecule has 0 radical (unpaired) electrons. The summed E-state index contributed by atoms with van der Waals surface area (Å²) in [7, 11) is -7.95. The summed E-state index contributed by atoms with van der Waals surface area (Å²) in [5.74, 6) is 0. The van der Waals surface area contributed by atoms with E-state index in [1.807, 2.05) is 0 Å². The highest BCUT2D eigenvalue weighted by Crippen LogP contribution is 2.23. The summed E-state index contributed by atoms with van der Waals surface area (Å²) in [6.45, 7) is 3.20. The molecule has 0 N–H and O–H groups in total. The van der Waals surface area contributed by atoms with Crippen LogP contribution in [0.15, 0.2) is 70.5 Å². The minimum absolute atomic E-state index is 0.00285. The van der Waals surface area contributed by atoms with Crippen molar-refractivity contribution in [3.8, 4) is 0 Å². The average molecular weight is 368 g/mol. The van der Waals surface area contributed by atoms with E-state index in [9.17, 15) is 16.8 Å². The van der Waals surface area contributed by atoms with E-state index in [1.165, 1.54) is 24.3 Å². The van der Waals surface area contributed by atoms with Gasteiger partial charge in [0.05, 0.1) is 9.79 Å². The van der Waals surface area contributed by atoms with Gasteiger partial charge in [0.1, 0.15) is 0 Å². The van der Waals surface area contributed by atoms with E-state index >= 15 is 0 Å². The van der Waals surface area contributed by atoms with Gasteiger partial charge < -0.3 is 0 Å². The average Bonchev–Trinajstić information content (AvgIpc) is 2.60. The number of sulfonamides is 2. The third-order valence-corrected chi connectivity index (χ3v) is 7.29. The topological polar surface area (TPSA) is 74.8 Å². The Morgan fingerprint density at radius 1 is 0.625 bits per heavy atom. The van der Waals surface area contributed by atoms with E-state index in [0.29, 0.717) is 0 Å². The number of benzene rings is 2. The monoisotopic (exact) mass is 368 g/mol. The Hall–Kier alpha value is -1.74. The molecule has 6 nitrogen and oxygen atoms in total. The summed E-state index contributed by atoms with van der Waals surface area (Å²) in [4.78, 5) is 0.0992. The summed E-state index contributed by atoms with van der Waals surface area (Å²) >= 11 is 0. The summed E-state index contributed by atoms with van der Waals surface area (Å²) < 4.78 is 53.2. The van der Waals surface area contributed by atoms with Crippen LogP contribution in [0.2, 0.25) is 0 Å².